The van der Waals surface area contributed by atoms with E-state index in [1.54, 1.807) is 12.1 Å². The van der Waals surface area contributed by atoms with Gasteiger partial charge in [0.25, 0.3) is 9.05 Å². The minimum Gasteiger partial charge on any atom is -0.372 e. The average molecular weight is 219 g/mol. The Balaban J connectivity index is 2.54. The third kappa shape index (κ3) is 1.70. The molecule has 0 aliphatic carbocycles. The molecule has 0 radical (unpaired) electrons. The summed E-state index contributed by atoms with van der Waals surface area (Å²) in [6, 6.07) is 4.79. The lowest BCUT2D eigenvalue weighted by molar-refractivity contribution is 0.134. The smallest absolute Gasteiger partial charge is 0.261 e. The fourth-order valence-electron chi connectivity index (χ4n) is 1.30. The highest BCUT2D eigenvalue weighted by Gasteiger charge is 2.16. The summed E-state index contributed by atoms with van der Waals surface area (Å²) in [7, 11) is 1.58. The zero-order valence-corrected chi connectivity index (χ0v) is 8.23. The van der Waals surface area contributed by atoms with E-state index in [1.165, 1.54) is 6.07 Å². The molecule has 0 amide bonds. The molecule has 3 nitrogen and oxygen atoms in total. The van der Waals surface area contributed by atoms with Crippen LogP contribution < -0.4 is 0 Å². The summed E-state index contributed by atoms with van der Waals surface area (Å²) in [5.74, 6) is 0. The van der Waals surface area contributed by atoms with Crippen LogP contribution in [0.25, 0.3) is 0 Å². The normalized spacial score (nSPS) is 15.8. The molecule has 0 bridgehead atoms. The first-order valence-electron chi connectivity index (χ1n) is 3.71. The van der Waals surface area contributed by atoms with Crippen molar-refractivity contribution < 1.29 is 13.2 Å². The predicted octanol–water partition coefficient (Wildman–Crippen LogP) is 1.64. The SMILES string of the molecule is O=S(=O)(Cl)c1ccc2c(c1)COC2. The highest BCUT2D eigenvalue weighted by atomic mass is 35.7. The molecule has 1 aromatic rings. The lowest BCUT2D eigenvalue weighted by Gasteiger charge is -1.99. The first-order chi connectivity index (χ1) is 6.07. The van der Waals surface area contributed by atoms with Crippen molar-refractivity contribution in [2.45, 2.75) is 18.1 Å². The molecule has 1 aliphatic rings. The fraction of sp³-hybridized carbons (Fsp3) is 0.250. The molecule has 2 rings (SSSR count). The summed E-state index contributed by atoms with van der Waals surface area (Å²) in [6.45, 7) is 1.02. The molecule has 1 aromatic carbocycles. The van der Waals surface area contributed by atoms with Gasteiger partial charge in [-0.25, -0.2) is 8.42 Å². The second kappa shape index (κ2) is 2.97. The Morgan fingerprint density at radius 3 is 2.62 bits per heavy atom. The number of ether oxygens (including phenoxy) is 1. The number of fused-ring (bicyclic) bond motifs is 1. The Kier molecular flexibility index (Phi) is 2.06. The van der Waals surface area contributed by atoms with E-state index in [4.69, 9.17) is 15.4 Å². The van der Waals surface area contributed by atoms with E-state index in [-0.39, 0.29) is 4.90 Å². The van der Waals surface area contributed by atoms with Crippen molar-refractivity contribution in [1.29, 1.82) is 0 Å². The van der Waals surface area contributed by atoms with Crippen LogP contribution >= 0.6 is 10.7 Å². The maximum absolute atomic E-state index is 11.0. The van der Waals surface area contributed by atoms with Crippen LogP contribution in [0, 0.1) is 0 Å². The van der Waals surface area contributed by atoms with Gasteiger partial charge in [0, 0.05) is 10.7 Å². The van der Waals surface area contributed by atoms with Crippen LogP contribution in [0.4, 0.5) is 0 Å². The van der Waals surface area contributed by atoms with E-state index in [2.05, 4.69) is 0 Å². The van der Waals surface area contributed by atoms with Crippen LogP contribution in [-0.4, -0.2) is 8.42 Å². The molecule has 13 heavy (non-hydrogen) atoms. The largest absolute Gasteiger partial charge is 0.372 e. The zero-order valence-electron chi connectivity index (χ0n) is 6.66. The molecule has 1 aliphatic heterocycles. The van der Waals surface area contributed by atoms with Crippen molar-refractivity contribution in [3.63, 3.8) is 0 Å². The molecule has 1 heterocycles. The van der Waals surface area contributed by atoms with Crippen molar-refractivity contribution in [2.75, 3.05) is 0 Å². The van der Waals surface area contributed by atoms with Gasteiger partial charge in [0.15, 0.2) is 0 Å². The Morgan fingerprint density at radius 2 is 1.92 bits per heavy atom. The molecule has 0 fully saturated rings. The van der Waals surface area contributed by atoms with Crippen LogP contribution in [0.1, 0.15) is 11.1 Å². The third-order valence-corrected chi connectivity index (χ3v) is 3.33. The van der Waals surface area contributed by atoms with Gasteiger partial charge in [0.2, 0.25) is 0 Å². The van der Waals surface area contributed by atoms with Crippen LogP contribution in [0.2, 0.25) is 0 Å². The summed E-state index contributed by atoms with van der Waals surface area (Å²) in [5, 5.41) is 0. The lowest BCUT2D eigenvalue weighted by atomic mass is 10.1. The Labute approximate surface area is 80.7 Å². The van der Waals surface area contributed by atoms with Gasteiger partial charge in [-0.3, -0.25) is 0 Å². The molecule has 0 N–H and O–H groups in total. The van der Waals surface area contributed by atoms with Crippen molar-refractivity contribution in [3.8, 4) is 0 Å². The molecular formula is C8H7ClO3S. The number of halogens is 1. The second-order valence-corrected chi connectivity index (χ2v) is 5.43. The van der Waals surface area contributed by atoms with E-state index in [1.807, 2.05) is 0 Å². The van der Waals surface area contributed by atoms with Gasteiger partial charge in [-0.1, -0.05) is 6.07 Å². The highest BCUT2D eigenvalue weighted by molar-refractivity contribution is 8.13. The fourth-order valence-corrected chi connectivity index (χ4v) is 2.10. The standard InChI is InChI=1S/C8H7ClO3S/c9-13(10,11)8-2-1-6-4-12-5-7(6)3-8/h1-3H,4-5H2. The molecule has 0 aromatic heterocycles. The van der Waals surface area contributed by atoms with Gasteiger partial charge in [0.05, 0.1) is 18.1 Å². The molecule has 0 saturated heterocycles. The molecule has 0 saturated carbocycles. The van der Waals surface area contributed by atoms with Gasteiger partial charge in [-0.15, -0.1) is 0 Å². The number of benzene rings is 1. The minimum absolute atomic E-state index is 0.137. The quantitative estimate of drug-likeness (QED) is 0.674. The Morgan fingerprint density at radius 1 is 1.23 bits per heavy atom. The van der Waals surface area contributed by atoms with Crippen molar-refractivity contribution >= 4 is 19.7 Å². The monoisotopic (exact) mass is 218 g/mol. The maximum Gasteiger partial charge on any atom is 0.261 e. The number of hydrogen-bond acceptors (Lipinski definition) is 3. The Bertz CT molecular complexity index is 439. The van der Waals surface area contributed by atoms with Crippen molar-refractivity contribution in [3.05, 3.63) is 29.3 Å². The molecule has 0 unspecified atom stereocenters. The second-order valence-electron chi connectivity index (χ2n) is 2.86. The zero-order chi connectivity index (χ0) is 9.47. The summed E-state index contributed by atoms with van der Waals surface area (Å²) in [6.07, 6.45) is 0. The first kappa shape index (κ1) is 8.99. The summed E-state index contributed by atoms with van der Waals surface area (Å²) < 4.78 is 27.1. The maximum atomic E-state index is 11.0. The van der Waals surface area contributed by atoms with Crippen LogP contribution in [0.15, 0.2) is 23.1 Å². The third-order valence-electron chi connectivity index (χ3n) is 1.97. The highest BCUT2D eigenvalue weighted by Crippen LogP contribution is 2.24. The topological polar surface area (TPSA) is 43.4 Å². The summed E-state index contributed by atoms with van der Waals surface area (Å²) >= 11 is 0. The van der Waals surface area contributed by atoms with E-state index in [0.717, 1.165) is 11.1 Å². The number of hydrogen-bond donors (Lipinski definition) is 0. The van der Waals surface area contributed by atoms with E-state index in [0.29, 0.717) is 13.2 Å². The molecule has 0 atom stereocenters. The van der Waals surface area contributed by atoms with E-state index in [9.17, 15) is 8.42 Å². The van der Waals surface area contributed by atoms with Gasteiger partial charge in [0.1, 0.15) is 0 Å². The molecular weight excluding hydrogens is 212 g/mol. The summed E-state index contributed by atoms with van der Waals surface area (Å²) in [4.78, 5) is 0.137. The molecule has 70 valence electrons. The lowest BCUT2D eigenvalue weighted by Crippen LogP contribution is -1.92. The van der Waals surface area contributed by atoms with E-state index < -0.39 is 9.05 Å². The number of rotatable bonds is 1. The van der Waals surface area contributed by atoms with Crippen LogP contribution in [-0.2, 0) is 27.0 Å². The van der Waals surface area contributed by atoms with E-state index >= 15 is 0 Å². The van der Waals surface area contributed by atoms with Crippen molar-refractivity contribution in [2.24, 2.45) is 0 Å². The predicted molar refractivity (Wildman–Crippen MR) is 48.0 cm³/mol. The first-order valence-corrected chi connectivity index (χ1v) is 6.02. The van der Waals surface area contributed by atoms with Gasteiger partial charge >= 0.3 is 0 Å². The van der Waals surface area contributed by atoms with Crippen LogP contribution in [0.3, 0.4) is 0 Å². The average Bonchev–Trinajstić information content (AvgIpc) is 2.47. The summed E-state index contributed by atoms with van der Waals surface area (Å²) in [5.41, 5.74) is 1.94. The molecule has 0 spiro atoms. The van der Waals surface area contributed by atoms with Gasteiger partial charge in [-0.2, -0.15) is 0 Å². The minimum atomic E-state index is -3.61. The molecule has 5 heteroatoms. The van der Waals surface area contributed by atoms with Crippen molar-refractivity contribution in [1.82, 2.24) is 0 Å². The van der Waals surface area contributed by atoms with Crippen LogP contribution in [0.5, 0.6) is 0 Å². The van der Waals surface area contributed by atoms with Gasteiger partial charge < -0.3 is 4.74 Å². The Hall–Kier alpha value is -0.580. The van der Waals surface area contributed by atoms with Gasteiger partial charge in [-0.05, 0) is 23.3 Å².